The summed E-state index contributed by atoms with van der Waals surface area (Å²) in [5.41, 5.74) is 1.96. The molecule has 1 atom stereocenters. The maximum absolute atomic E-state index is 12.3. The number of likely N-dealkylation sites (tertiary alicyclic amines) is 1. The molecule has 2 aromatic rings. The van der Waals surface area contributed by atoms with E-state index in [0.717, 1.165) is 26.1 Å². The summed E-state index contributed by atoms with van der Waals surface area (Å²) in [5, 5.41) is 0. The van der Waals surface area contributed by atoms with E-state index in [1.165, 1.54) is 18.7 Å². The Morgan fingerprint density at radius 3 is 2.48 bits per heavy atom. The molecule has 2 aromatic carbocycles. The zero-order valence-corrected chi connectivity index (χ0v) is 14.2. The van der Waals surface area contributed by atoms with E-state index in [9.17, 15) is 9.59 Å². The SMILES string of the molecule is COC(=O)c1cccc(C(=O)O[C@@H]2CCN(Cc3ccccc3)C2)c1. The Kier molecular flexibility index (Phi) is 5.46. The maximum atomic E-state index is 12.3. The van der Waals surface area contributed by atoms with Crippen molar-refractivity contribution in [3.8, 4) is 0 Å². The molecule has 5 nitrogen and oxygen atoms in total. The summed E-state index contributed by atoms with van der Waals surface area (Å²) in [6.45, 7) is 2.47. The minimum Gasteiger partial charge on any atom is -0.465 e. The van der Waals surface area contributed by atoms with Gasteiger partial charge in [0.1, 0.15) is 6.10 Å². The van der Waals surface area contributed by atoms with Crippen molar-refractivity contribution in [2.24, 2.45) is 0 Å². The largest absolute Gasteiger partial charge is 0.465 e. The number of carbonyl (C=O) groups excluding carboxylic acids is 2. The highest BCUT2D eigenvalue weighted by Crippen LogP contribution is 2.18. The standard InChI is InChI=1S/C20H21NO4/c1-24-19(22)16-8-5-9-17(12-16)20(23)25-18-10-11-21(14-18)13-15-6-3-2-4-7-15/h2-9,12,18H,10-11,13-14H2,1H3/t18-/m1/s1. The van der Waals surface area contributed by atoms with Crippen LogP contribution in [0.25, 0.3) is 0 Å². The first-order valence-corrected chi connectivity index (χ1v) is 8.31. The van der Waals surface area contributed by atoms with Crippen molar-refractivity contribution in [3.63, 3.8) is 0 Å². The lowest BCUT2D eigenvalue weighted by Crippen LogP contribution is -2.24. The van der Waals surface area contributed by atoms with Crippen LogP contribution in [-0.4, -0.2) is 43.1 Å². The van der Waals surface area contributed by atoms with Gasteiger partial charge in [-0.25, -0.2) is 9.59 Å². The first-order chi connectivity index (χ1) is 12.2. The summed E-state index contributed by atoms with van der Waals surface area (Å²) in [6, 6.07) is 16.7. The van der Waals surface area contributed by atoms with Crippen LogP contribution in [0.4, 0.5) is 0 Å². The van der Waals surface area contributed by atoms with Gasteiger partial charge in [-0.15, -0.1) is 0 Å². The minimum absolute atomic E-state index is 0.127. The van der Waals surface area contributed by atoms with Crippen LogP contribution < -0.4 is 0 Å². The average Bonchev–Trinajstić information content (AvgIpc) is 3.08. The third-order valence-corrected chi connectivity index (χ3v) is 4.27. The van der Waals surface area contributed by atoms with Crippen LogP contribution in [-0.2, 0) is 16.0 Å². The van der Waals surface area contributed by atoms with Gasteiger partial charge in [-0.05, 0) is 30.2 Å². The van der Waals surface area contributed by atoms with Crippen LogP contribution in [0.5, 0.6) is 0 Å². The van der Waals surface area contributed by atoms with E-state index in [4.69, 9.17) is 4.74 Å². The number of rotatable bonds is 5. The Balaban J connectivity index is 1.56. The van der Waals surface area contributed by atoms with Gasteiger partial charge in [-0.3, -0.25) is 4.90 Å². The van der Waals surface area contributed by atoms with Gasteiger partial charge in [0.15, 0.2) is 0 Å². The van der Waals surface area contributed by atoms with Crippen LogP contribution in [0.3, 0.4) is 0 Å². The second kappa shape index (κ2) is 7.94. The lowest BCUT2D eigenvalue weighted by Gasteiger charge is -2.16. The Labute approximate surface area is 147 Å². The van der Waals surface area contributed by atoms with E-state index in [1.807, 2.05) is 18.2 Å². The van der Waals surface area contributed by atoms with Gasteiger partial charge in [0.25, 0.3) is 0 Å². The molecule has 1 aliphatic heterocycles. The lowest BCUT2D eigenvalue weighted by atomic mass is 10.1. The zero-order chi connectivity index (χ0) is 17.6. The fraction of sp³-hybridized carbons (Fsp3) is 0.300. The number of esters is 2. The molecule has 130 valence electrons. The van der Waals surface area contributed by atoms with Crippen LogP contribution >= 0.6 is 0 Å². The fourth-order valence-electron chi connectivity index (χ4n) is 2.99. The van der Waals surface area contributed by atoms with Gasteiger partial charge in [-0.2, -0.15) is 0 Å². The molecule has 0 spiro atoms. The van der Waals surface area contributed by atoms with Crippen LogP contribution in [0.2, 0.25) is 0 Å². The first kappa shape index (κ1) is 17.2. The second-order valence-electron chi connectivity index (χ2n) is 6.11. The van der Waals surface area contributed by atoms with Crippen LogP contribution in [0, 0.1) is 0 Å². The smallest absolute Gasteiger partial charge is 0.338 e. The number of methoxy groups -OCH3 is 1. The molecule has 25 heavy (non-hydrogen) atoms. The Bertz CT molecular complexity index is 744. The summed E-state index contributed by atoms with van der Waals surface area (Å²) in [7, 11) is 1.31. The molecule has 0 amide bonds. The first-order valence-electron chi connectivity index (χ1n) is 8.31. The molecule has 1 heterocycles. The Morgan fingerprint density at radius 2 is 1.76 bits per heavy atom. The summed E-state index contributed by atoms with van der Waals surface area (Å²) in [6.07, 6.45) is 0.688. The molecule has 0 aliphatic carbocycles. The van der Waals surface area contributed by atoms with Crippen molar-refractivity contribution >= 4 is 11.9 Å². The second-order valence-corrected chi connectivity index (χ2v) is 6.11. The molecule has 1 fully saturated rings. The average molecular weight is 339 g/mol. The van der Waals surface area contributed by atoms with E-state index in [-0.39, 0.29) is 6.10 Å². The Morgan fingerprint density at radius 1 is 1.04 bits per heavy atom. The van der Waals surface area contributed by atoms with Crippen LogP contribution in [0.15, 0.2) is 54.6 Å². The highest BCUT2D eigenvalue weighted by atomic mass is 16.5. The third-order valence-electron chi connectivity index (χ3n) is 4.27. The molecule has 1 saturated heterocycles. The van der Waals surface area contributed by atoms with Gasteiger partial charge in [-0.1, -0.05) is 36.4 Å². The van der Waals surface area contributed by atoms with Crippen molar-refractivity contribution in [2.75, 3.05) is 20.2 Å². The van der Waals surface area contributed by atoms with Crippen molar-refractivity contribution in [1.29, 1.82) is 0 Å². The van der Waals surface area contributed by atoms with Crippen LogP contribution in [0.1, 0.15) is 32.7 Å². The molecule has 0 unspecified atom stereocenters. The number of ether oxygens (including phenoxy) is 2. The summed E-state index contributed by atoms with van der Waals surface area (Å²) in [5.74, 6) is -0.873. The number of carbonyl (C=O) groups is 2. The number of benzene rings is 2. The van der Waals surface area contributed by atoms with E-state index in [0.29, 0.717) is 11.1 Å². The van der Waals surface area contributed by atoms with Crippen molar-refractivity contribution in [2.45, 2.75) is 19.1 Å². The van der Waals surface area contributed by atoms with Gasteiger partial charge in [0.2, 0.25) is 0 Å². The fourth-order valence-corrected chi connectivity index (χ4v) is 2.99. The van der Waals surface area contributed by atoms with E-state index in [1.54, 1.807) is 18.2 Å². The van der Waals surface area contributed by atoms with E-state index in [2.05, 4.69) is 21.8 Å². The third kappa shape index (κ3) is 4.45. The van der Waals surface area contributed by atoms with Gasteiger partial charge in [0.05, 0.1) is 18.2 Å². The van der Waals surface area contributed by atoms with E-state index < -0.39 is 11.9 Å². The molecule has 0 N–H and O–H groups in total. The Hall–Kier alpha value is -2.66. The molecule has 1 aliphatic rings. The lowest BCUT2D eigenvalue weighted by molar-refractivity contribution is 0.0320. The van der Waals surface area contributed by atoms with Gasteiger partial charge < -0.3 is 9.47 Å². The molecular weight excluding hydrogens is 318 g/mol. The predicted octanol–water partition coefficient (Wildman–Crippen LogP) is 2.90. The monoisotopic (exact) mass is 339 g/mol. The highest BCUT2D eigenvalue weighted by Gasteiger charge is 2.26. The molecule has 5 heteroatoms. The maximum Gasteiger partial charge on any atom is 0.338 e. The summed E-state index contributed by atoms with van der Waals surface area (Å²) in [4.78, 5) is 26.2. The molecule has 0 saturated carbocycles. The highest BCUT2D eigenvalue weighted by molar-refractivity contribution is 5.95. The number of hydrogen-bond donors (Lipinski definition) is 0. The molecular formula is C20H21NO4. The number of nitrogens with zero attached hydrogens (tertiary/aromatic N) is 1. The normalized spacial score (nSPS) is 17.2. The van der Waals surface area contributed by atoms with Gasteiger partial charge >= 0.3 is 11.9 Å². The van der Waals surface area contributed by atoms with Gasteiger partial charge in [0, 0.05) is 19.6 Å². The zero-order valence-electron chi connectivity index (χ0n) is 14.2. The molecule has 0 bridgehead atoms. The topological polar surface area (TPSA) is 55.8 Å². The molecule has 0 radical (unpaired) electrons. The summed E-state index contributed by atoms with van der Waals surface area (Å²) < 4.78 is 10.3. The van der Waals surface area contributed by atoms with Crippen molar-refractivity contribution < 1.29 is 19.1 Å². The summed E-state index contributed by atoms with van der Waals surface area (Å²) >= 11 is 0. The minimum atomic E-state index is -0.468. The quantitative estimate of drug-likeness (QED) is 0.784. The van der Waals surface area contributed by atoms with E-state index >= 15 is 0 Å². The molecule has 0 aromatic heterocycles. The van der Waals surface area contributed by atoms with Crippen molar-refractivity contribution in [1.82, 2.24) is 4.90 Å². The number of hydrogen-bond acceptors (Lipinski definition) is 5. The predicted molar refractivity (Wildman–Crippen MR) is 93.3 cm³/mol. The van der Waals surface area contributed by atoms with Crippen molar-refractivity contribution in [3.05, 3.63) is 71.3 Å². The molecule has 3 rings (SSSR count).